The fourth-order valence-corrected chi connectivity index (χ4v) is 9.51. The molecular formula is C30H34N2O5S. The highest BCUT2D eigenvalue weighted by molar-refractivity contribution is 8.02. The molecule has 200 valence electrons. The zero-order chi connectivity index (χ0) is 27.4. The predicted octanol–water partition coefficient (Wildman–Crippen LogP) is 4.12. The Morgan fingerprint density at radius 3 is 2.39 bits per heavy atom. The first-order chi connectivity index (χ1) is 18.1. The van der Waals surface area contributed by atoms with Gasteiger partial charge in [0.2, 0.25) is 5.91 Å². The Morgan fingerprint density at radius 2 is 1.82 bits per heavy atom. The van der Waals surface area contributed by atoms with Crippen molar-refractivity contribution in [3.8, 4) is 0 Å². The van der Waals surface area contributed by atoms with Crippen LogP contribution in [0.25, 0.3) is 0 Å². The van der Waals surface area contributed by atoms with Crippen molar-refractivity contribution in [1.29, 1.82) is 0 Å². The van der Waals surface area contributed by atoms with Gasteiger partial charge in [0.05, 0.1) is 29.2 Å². The van der Waals surface area contributed by atoms with Crippen molar-refractivity contribution in [2.24, 2.45) is 11.8 Å². The van der Waals surface area contributed by atoms with E-state index in [4.69, 9.17) is 0 Å². The van der Waals surface area contributed by atoms with Crippen LogP contribution in [0.3, 0.4) is 0 Å². The van der Waals surface area contributed by atoms with Crippen molar-refractivity contribution in [2.75, 3.05) is 18.1 Å². The lowest BCUT2D eigenvalue weighted by Gasteiger charge is -2.40. The molecule has 2 aromatic carbocycles. The molecule has 6 atom stereocenters. The molecule has 3 heterocycles. The highest BCUT2D eigenvalue weighted by atomic mass is 32.2. The first-order valence-corrected chi connectivity index (χ1v) is 13.8. The number of aliphatic hydroxyl groups is 1. The van der Waals surface area contributed by atoms with Gasteiger partial charge >= 0.3 is 5.97 Å². The molecule has 0 aliphatic carbocycles. The summed E-state index contributed by atoms with van der Waals surface area (Å²) in [6.07, 6.45) is 2.83. The summed E-state index contributed by atoms with van der Waals surface area (Å²) in [4.78, 5) is 44.9. The number of thioether (sulfide) groups is 1. The number of anilines is 1. The number of aliphatic hydroxyl groups excluding tert-OH is 1. The molecular weight excluding hydrogens is 500 g/mol. The summed E-state index contributed by atoms with van der Waals surface area (Å²) in [7, 11) is 0. The number of fused-ring (bicyclic) bond motifs is 1. The van der Waals surface area contributed by atoms with E-state index >= 15 is 0 Å². The molecule has 8 heteroatoms. The predicted molar refractivity (Wildman–Crippen MR) is 148 cm³/mol. The molecule has 1 spiro atoms. The number of likely N-dealkylation sites (tertiary alicyclic amines) is 1. The summed E-state index contributed by atoms with van der Waals surface area (Å²) in [5.74, 6) is -3.40. The fraction of sp³-hybridized carbons (Fsp3) is 0.433. The molecule has 3 aliphatic heterocycles. The minimum absolute atomic E-state index is 0.239. The lowest BCUT2D eigenvalue weighted by atomic mass is 9.66. The van der Waals surface area contributed by atoms with Crippen LogP contribution >= 0.6 is 11.8 Å². The molecule has 3 aliphatic rings. The van der Waals surface area contributed by atoms with Gasteiger partial charge in [-0.1, -0.05) is 54.6 Å². The topological polar surface area (TPSA) is 98.2 Å². The minimum Gasteiger partial charge on any atom is -0.481 e. The smallest absolute Gasteiger partial charge is 0.308 e. The van der Waals surface area contributed by atoms with Gasteiger partial charge in [0.15, 0.2) is 0 Å². The number of aryl methyl sites for hydroxylation is 2. The Hall–Kier alpha value is -3.10. The van der Waals surface area contributed by atoms with Crippen molar-refractivity contribution in [2.45, 2.75) is 55.2 Å². The maximum atomic E-state index is 14.8. The molecule has 0 aromatic heterocycles. The molecule has 2 amide bonds. The number of nitrogens with zero attached hydrogens (tertiary/aromatic N) is 2. The quantitative estimate of drug-likeness (QED) is 0.495. The first-order valence-electron chi connectivity index (χ1n) is 13.0. The molecule has 2 N–H and O–H groups in total. The summed E-state index contributed by atoms with van der Waals surface area (Å²) in [5, 5.41) is 20.9. The number of carboxylic acids is 1. The van der Waals surface area contributed by atoms with Crippen LogP contribution in [0.4, 0.5) is 5.69 Å². The monoisotopic (exact) mass is 534 g/mol. The molecule has 2 aromatic rings. The number of aliphatic carboxylic acids is 1. The van der Waals surface area contributed by atoms with Crippen molar-refractivity contribution >= 4 is 35.2 Å². The Bertz CT molecular complexity index is 1280. The van der Waals surface area contributed by atoms with E-state index in [-0.39, 0.29) is 25.0 Å². The summed E-state index contributed by atoms with van der Waals surface area (Å²) in [5.41, 5.74) is 3.32. The van der Waals surface area contributed by atoms with Gasteiger partial charge in [-0.25, -0.2) is 0 Å². The van der Waals surface area contributed by atoms with Crippen LogP contribution in [0.1, 0.15) is 42.5 Å². The van der Waals surface area contributed by atoms with E-state index in [0.29, 0.717) is 18.4 Å². The highest BCUT2D eigenvalue weighted by Gasteiger charge is 2.78. The first kappa shape index (κ1) is 26.5. The van der Waals surface area contributed by atoms with E-state index in [1.165, 1.54) is 16.7 Å². The zero-order valence-electron chi connectivity index (χ0n) is 22.0. The number of carbonyl (C=O) groups is 3. The van der Waals surface area contributed by atoms with E-state index in [1.54, 1.807) is 11.0 Å². The number of para-hydroxylation sites is 1. The Balaban J connectivity index is 1.70. The molecule has 3 saturated heterocycles. The van der Waals surface area contributed by atoms with E-state index in [9.17, 15) is 24.6 Å². The van der Waals surface area contributed by atoms with E-state index < -0.39 is 39.4 Å². The van der Waals surface area contributed by atoms with Gasteiger partial charge < -0.3 is 20.0 Å². The van der Waals surface area contributed by atoms with Crippen LogP contribution in [-0.4, -0.2) is 61.6 Å². The molecule has 3 fully saturated rings. The van der Waals surface area contributed by atoms with Gasteiger partial charge in [-0.3, -0.25) is 14.4 Å². The van der Waals surface area contributed by atoms with Crippen LogP contribution in [0.15, 0.2) is 61.2 Å². The molecule has 7 nitrogen and oxygen atoms in total. The Kier molecular flexibility index (Phi) is 6.68. The molecule has 38 heavy (non-hydrogen) atoms. The van der Waals surface area contributed by atoms with Crippen LogP contribution in [0, 0.1) is 25.7 Å². The number of carbonyl (C=O) groups excluding carboxylic acids is 2. The Labute approximate surface area is 227 Å². The van der Waals surface area contributed by atoms with Gasteiger partial charge in [-0.2, -0.15) is 0 Å². The molecule has 5 rings (SSSR count). The van der Waals surface area contributed by atoms with E-state index in [1.807, 2.05) is 69.3 Å². The summed E-state index contributed by atoms with van der Waals surface area (Å²) >= 11 is 1.50. The molecule has 0 saturated carbocycles. The van der Waals surface area contributed by atoms with E-state index in [0.717, 1.165) is 16.8 Å². The summed E-state index contributed by atoms with van der Waals surface area (Å²) in [6, 6.07) is 13.3. The molecule has 2 bridgehead atoms. The number of benzene rings is 2. The molecule has 0 radical (unpaired) electrons. The van der Waals surface area contributed by atoms with Crippen molar-refractivity contribution in [3.63, 3.8) is 0 Å². The third kappa shape index (κ3) is 3.72. The summed E-state index contributed by atoms with van der Waals surface area (Å²) < 4.78 is -1.54. The second-order valence-corrected chi connectivity index (χ2v) is 12.8. The lowest BCUT2D eigenvalue weighted by molar-refractivity contribution is -0.150. The normalized spacial score (nSPS) is 30.3. The maximum absolute atomic E-state index is 14.8. The number of hydrogen-bond acceptors (Lipinski definition) is 5. The molecule has 2 unspecified atom stereocenters. The highest BCUT2D eigenvalue weighted by Crippen LogP contribution is 2.72. The lowest BCUT2D eigenvalue weighted by Crippen LogP contribution is -2.56. The Morgan fingerprint density at radius 1 is 1.16 bits per heavy atom. The van der Waals surface area contributed by atoms with Gasteiger partial charge in [0.25, 0.3) is 5.91 Å². The van der Waals surface area contributed by atoms with Crippen molar-refractivity contribution in [1.82, 2.24) is 4.90 Å². The number of amides is 2. The van der Waals surface area contributed by atoms with Gasteiger partial charge in [0.1, 0.15) is 6.04 Å². The van der Waals surface area contributed by atoms with Gasteiger partial charge in [-0.15, -0.1) is 18.3 Å². The number of rotatable bonds is 8. The fourth-order valence-electron chi connectivity index (χ4n) is 7.18. The van der Waals surface area contributed by atoms with Crippen LogP contribution in [0.5, 0.6) is 0 Å². The second-order valence-electron chi connectivity index (χ2n) is 10.9. The number of hydrogen-bond donors (Lipinski definition) is 2. The minimum atomic E-state index is -1.01. The number of carboxylic acid groups (broad SMARTS) is 1. The zero-order valence-corrected chi connectivity index (χ0v) is 22.8. The standard InChI is InChI=1S/C30H34N2O5S/c1-5-16-31(24-18(2)10-9-11-19(24)3)27(35)25-30-15-14-29(4,38-30)23(28(36)37)22(30)26(34)32(25)21(17-33)20-12-7-6-8-13-20/h5-13,21-23,25,33H,1,14-17H2,2-4H3,(H,36,37)/t21-,22+,23-,25?,29+,30?/m1/s1. The van der Waals surface area contributed by atoms with Crippen LogP contribution in [-0.2, 0) is 14.4 Å². The third-order valence-electron chi connectivity index (χ3n) is 8.69. The largest absolute Gasteiger partial charge is 0.481 e. The summed E-state index contributed by atoms with van der Waals surface area (Å²) in [6.45, 7) is 9.55. The van der Waals surface area contributed by atoms with E-state index in [2.05, 4.69) is 6.58 Å². The second kappa shape index (κ2) is 9.58. The van der Waals surface area contributed by atoms with Crippen LogP contribution < -0.4 is 4.90 Å². The van der Waals surface area contributed by atoms with Gasteiger partial charge in [-0.05, 0) is 50.3 Å². The average Bonchev–Trinajstić information content (AvgIpc) is 3.45. The van der Waals surface area contributed by atoms with Gasteiger partial charge in [0, 0.05) is 17.0 Å². The average molecular weight is 535 g/mol. The maximum Gasteiger partial charge on any atom is 0.308 e. The van der Waals surface area contributed by atoms with Crippen molar-refractivity contribution in [3.05, 3.63) is 77.9 Å². The third-order valence-corrected chi connectivity index (χ3v) is 10.7. The SMILES string of the molecule is C=CCN(C(=O)C1N([C@H](CO)c2ccccc2)C(=O)[C@@H]2[C@H](C(=O)O)[C@]3(C)CCC12S3)c1c(C)cccc1C. The van der Waals surface area contributed by atoms with Crippen LogP contribution in [0.2, 0.25) is 0 Å². The van der Waals surface area contributed by atoms with Crippen molar-refractivity contribution < 1.29 is 24.6 Å².